The Bertz CT molecular complexity index is 765. The Morgan fingerprint density at radius 1 is 1.08 bits per heavy atom. The Morgan fingerprint density at radius 2 is 1.88 bits per heavy atom. The predicted molar refractivity (Wildman–Crippen MR) is 108 cm³/mol. The van der Waals surface area contributed by atoms with E-state index in [2.05, 4.69) is 52.5 Å². The van der Waals surface area contributed by atoms with Gasteiger partial charge in [0.15, 0.2) is 0 Å². The Hall–Kier alpha value is -2.04. The summed E-state index contributed by atoms with van der Waals surface area (Å²) >= 11 is 0. The molecule has 0 radical (unpaired) electrons. The Balaban J connectivity index is 0.00000196. The molecule has 1 saturated heterocycles. The molecule has 5 heteroatoms. The number of piperazine rings is 1. The van der Waals surface area contributed by atoms with E-state index in [9.17, 15) is 4.79 Å². The summed E-state index contributed by atoms with van der Waals surface area (Å²) < 4.78 is 0. The molecule has 0 spiro atoms. The molecule has 26 heavy (non-hydrogen) atoms. The van der Waals surface area contributed by atoms with Gasteiger partial charge >= 0.3 is 0 Å². The van der Waals surface area contributed by atoms with Gasteiger partial charge in [-0.3, -0.25) is 4.79 Å². The van der Waals surface area contributed by atoms with Gasteiger partial charge in [-0.15, -0.1) is 12.4 Å². The number of nitrogens with zero attached hydrogens (tertiary/aromatic N) is 2. The lowest BCUT2D eigenvalue weighted by atomic mass is 9.95. The summed E-state index contributed by atoms with van der Waals surface area (Å²) in [5.74, 6) is 0.169. The number of benzene rings is 2. The quantitative estimate of drug-likeness (QED) is 0.876. The molecule has 0 saturated carbocycles. The van der Waals surface area contributed by atoms with Gasteiger partial charge in [0.25, 0.3) is 5.91 Å². The van der Waals surface area contributed by atoms with Crippen LogP contribution in [0.3, 0.4) is 0 Å². The number of amides is 1. The molecule has 2 aliphatic heterocycles. The molecular formula is C21H26ClN3O. The molecule has 1 fully saturated rings. The smallest absolute Gasteiger partial charge is 0.254 e. The topological polar surface area (TPSA) is 35.6 Å². The number of halogens is 1. The second-order valence-corrected chi connectivity index (χ2v) is 7.05. The monoisotopic (exact) mass is 371 g/mol. The van der Waals surface area contributed by atoms with Crippen LogP contribution >= 0.6 is 12.4 Å². The SMILES string of the molecule is CN1CCN(C(=O)c2cccc3c2CCCN3)C(c2ccccc2)C1.Cl. The highest BCUT2D eigenvalue weighted by Gasteiger charge is 2.32. The molecule has 0 aliphatic carbocycles. The molecule has 1 N–H and O–H groups in total. The summed E-state index contributed by atoms with van der Waals surface area (Å²) in [6, 6.07) is 16.6. The zero-order valence-corrected chi connectivity index (χ0v) is 16.0. The minimum Gasteiger partial charge on any atom is -0.385 e. The van der Waals surface area contributed by atoms with Gasteiger partial charge in [-0.05, 0) is 43.1 Å². The van der Waals surface area contributed by atoms with Crippen molar-refractivity contribution >= 4 is 24.0 Å². The zero-order chi connectivity index (χ0) is 17.2. The Morgan fingerprint density at radius 3 is 2.69 bits per heavy atom. The molecular weight excluding hydrogens is 346 g/mol. The van der Waals surface area contributed by atoms with Crippen molar-refractivity contribution in [1.82, 2.24) is 9.80 Å². The van der Waals surface area contributed by atoms with Gasteiger partial charge in [0.2, 0.25) is 0 Å². The molecule has 0 aromatic heterocycles. The minimum atomic E-state index is 0. The highest BCUT2D eigenvalue weighted by molar-refractivity contribution is 5.97. The van der Waals surface area contributed by atoms with Gasteiger partial charge in [0.1, 0.15) is 0 Å². The van der Waals surface area contributed by atoms with E-state index in [1.165, 1.54) is 11.1 Å². The summed E-state index contributed by atoms with van der Waals surface area (Å²) in [5.41, 5.74) is 4.40. The van der Waals surface area contributed by atoms with Gasteiger partial charge in [-0.2, -0.15) is 0 Å². The number of anilines is 1. The summed E-state index contributed by atoms with van der Waals surface area (Å²) in [5, 5.41) is 3.43. The molecule has 2 aromatic carbocycles. The van der Waals surface area contributed by atoms with Gasteiger partial charge in [-0.1, -0.05) is 36.4 Å². The number of carbonyl (C=O) groups is 1. The molecule has 138 valence electrons. The van der Waals surface area contributed by atoms with Crippen LogP contribution in [0.25, 0.3) is 0 Å². The Kier molecular flexibility index (Phi) is 5.84. The predicted octanol–water partition coefficient (Wildman–Crippen LogP) is 3.60. The standard InChI is InChI=1S/C21H25N3O.ClH/c1-23-13-14-24(20(15-23)16-7-3-2-4-8-16)21(25)18-9-5-11-19-17(18)10-6-12-22-19;/h2-5,7-9,11,20,22H,6,10,12-15H2,1H3;1H. The van der Waals surface area contributed by atoms with Crippen molar-refractivity contribution in [3.63, 3.8) is 0 Å². The number of rotatable bonds is 2. The van der Waals surface area contributed by atoms with E-state index >= 15 is 0 Å². The van der Waals surface area contributed by atoms with E-state index in [0.717, 1.165) is 50.3 Å². The van der Waals surface area contributed by atoms with Crippen LogP contribution in [0.1, 0.15) is 33.9 Å². The molecule has 0 bridgehead atoms. The third kappa shape index (κ3) is 3.57. The van der Waals surface area contributed by atoms with Gasteiger partial charge in [0, 0.05) is 37.4 Å². The van der Waals surface area contributed by atoms with E-state index in [4.69, 9.17) is 0 Å². The van der Waals surface area contributed by atoms with E-state index in [1.54, 1.807) is 0 Å². The number of likely N-dealkylation sites (N-methyl/N-ethyl adjacent to an activating group) is 1. The van der Waals surface area contributed by atoms with Crippen molar-refractivity contribution in [2.45, 2.75) is 18.9 Å². The van der Waals surface area contributed by atoms with Crippen molar-refractivity contribution in [1.29, 1.82) is 0 Å². The molecule has 2 heterocycles. The van der Waals surface area contributed by atoms with Crippen LogP contribution in [-0.4, -0.2) is 48.9 Å². The van der Waals surface area contributed by atoms with Crippen molar-refractivity contribution < 1.29 is 4.79 Å². The van der Waals surface area contributed by atoms with E-state index in [1.807, 2.05) is 18.2 Å². The van der Waals surface area contributed by atoms with Crippen LogP contribution in [-0.2, 0) is 6.42 Å². The van der Waals surface area contributed by atoms with Crippen molar-refractivity contribution in [2.24, 2.45) is 0 Å². The average molecular weight is 372 g/mol. The maximum Gasteiger partial charge on any atom is 0.254 e. The summed E-state index contributed by atoms with van der Waals surface area (Å²) in [4.78, 5) is 17.8. The molecule has 1 amide bonds. The summed E-state index contributed by atoms with van der Waals surface area (Å²) in [7, 11) is 2.13. The second kappa shape index (κ2) is 8.11. The molecule has 2 aromatic rings. The van der Waals surface area contributed by atoms with Crippen molar-refractivity contribution in [3.05, 3.63) is 65.2 Å². The number of nitrogens with one attached hydrogen (secondary N) is 1. The second-order valence-electron chi connectivity index (χ2n) is 7.05. The zero-order valence-electron chi connectivity index (χ0n) is 15.1. The lowest BCUT2D eigenvalue weighted by Gasteiger charge is -2.41. The van der Waals surface area contributed by atoms with Crippen molar-refractivity contribution in [2.75, 3.05) is 38.5 Å². The number of hydrogen-bond donors (Lipinski definition) is 1. The van der Waals surface area contributed by atoms with Crippen LogP contribution in [0, 0.1) is 0 Å². The van der Waals surface area contributed by atoms with Crippen molar-refractivity contribution in [3.8, 4) is 0 Å². The lowest BCUT2D eigenvalue weighted by molar-refractivity contribution is 0.0497. The van der Waals surface area contributed by atoms with Crippen LogP contribution < -0.4 is 5.32 Å². The lowest BCUT2D eigenvalue weighted by Crippen LogP contribution is -2.49. The van der Waals surface area contributed by atoms with Gasteiger partial charge < -0.3 is 15.1 Å². The van der Waals surface area contributed by atoms with Crippen LogP contribution in [0.4, 0.5) is 5.69 Å². The molecule has 4 rings (SSSR count). The van der Waals surface area contributed by atoms with Crippen LogP contribution in [0.2, 0.25) is 0 Å². The Labute approximate surface area is 161 Å². The first-order valence-electron chi connectivity index (χ1n) is 9.14. The van der Waals surface area contributed by atoms with Crippen LogP contribution in [0.5, 0.6) is 0 Å². The number of hydrogen-bond acceptors (Lipinski definition) is 3. The number of carbonyl (C=O) groups excluding carboxylic acids is 1. The maximum atomic E-state index is 13.4. The molecule has 2 aliphatic rings. The first-order chi connectivity index (χ1) is 12.2. The van der Waals surface area contributed by atoms with Gasteiger partial charge in [0.05, 0.1) is 6.04 Å². The highest BCUT2D eigenvalue weighted by Crippen LogP contribution is 2.30. The van der Waals surface area contributed by atoms with E-state index < -0.39 is 0 Å². The van der Waals surface area contributed by atoms with Crippen LogP contribution in [0.15, 0.2) is 48.5 Å². The van der Waals surface area contributed by atoms with E-state index in [-0.39, 0.29) is 24.4 Å². The normalized spacial score (nSPS) is 19.9. The molecule has 1 atom stereocenters. The third-order valence-corrected chi connectivity index (χ3v) is 5.35. The van der Waals surface area contributed by atoms with E-state index in [0.29, 0.717) is 0 Å². The summed E-state index contributed by atoms with van der Waals surface area (Å²) in [6.45, 7) is 3.56. The first-order valence-corrected chi connectivity index (χ1v) is 9.14. The fourth-order valence-corrected chi connectivity index (χ4v) is 3.99. The highest BCUT2D eigenvalue weighted by atomic mass is 35.5. The number of fused-ring (bicyclic) bond motifs is 1. The summed E-state index contributed by atoms with van der Waals surface area (Å²) in [6.07, 6.45) is 2.07. The fraction of sp³-hybridized carbons (Fsp3) is 0.381. The maximum absolute atomic E-state index is 13.4. The first kappa shape index (κ1) is 18.7. The molecule has 1 unspecified atom stereocenters. The average Bonchev–Trinajstić information content (AvgIpc) is 2.67. The fourth-order valence-electron chi connectivity index (χ4n) is 3.99. The molecule has 4 nitrogen and oxygen atoms in total. The largest absolute Gasteiger partial charge is 0.385 e. The van der Waals surface area contributed by atoms with Gasteiger partial charge in [-0.25, -0.2) is 0 Å². The third-order valence-electron chi connectivity index (χ3n) is 5.35. The minimum absolute atomic E-state index is 0.